The van der Waals surface area contributed by atoms with Crippen LogP contribution in [0.2, 0.25) is 0 Å². The Kier molecular flexibility index (Phi) is 8.18. The number of carbonyl (C=O) groups excluding carboxylic acids is 1. The fourth-order valence-electron chi connectivity index (χ4n) is 2.77. The Balaban J connectivity index is 2.17. The van der Waals surface area contributed by atoms with Gasteiger partial charge in [-0.05, 0) is 67.1 Å². The highest BCUT2D eigenvalue weighted by Crippen LogP contribution is 2.14. The van der Waals surface area contributed by atoms with Gasteiger partial charge in [-0.25, -0.2) is 4.79 Å². The van der Waals surface area contributed by atoms with E-state index in [2.05, 4.69) is 17.3 Å². The highest BCUT2D eigenvalue weighted by Gasteiger charge is 2.21. The number of amides is 1. The number of likely N-dealkylation sites (tertiary alicyclic amines) is 1. The van der Waals surface area contributed by atoms with Gasteiger partial charge in [0, 0.05) is 25.7 Å². The van der Waals surface area contributed by atoms with Crippen LogP contribution in [0.1, 0.15) is 53.4 Å². The maximum Gasteiger partial charge on any atom is 0.410 e. The van der Waals surface area contributed by atoms with Crippen molar-refractivity contribution in [1.29, 1.82) is 0 Å². The van der Waals surface area contributed by atoms with Crippen molar-refractivity contribution in [3.05, 3.63) is 0 Å². The molecule has 0 bridgehead atoms. The lowest BCUT2D eigenvalue weighted by molar-refractivity contribution is 0.0258. The molecule has 0 aromatic heterocycles. The number of nitrogens with zero attached hydrogens (tertiary/aromatic N) is 2. The molecule has 0 aliphatic carbocycles. The first-order chi connectivity index (χ1) is 10.3. The lowest BCUT2D eigenvalue weighted by Crippen LogP contribution is -2.43. The molecule has 1 rings (SSSR count). The van der Waals surface area contributed by atoms with Gasteiger partial charge in [-0.15, -0.1) is 0 Å². The summed E-state index contributed by atoms with van der Waals surface area (Å²) in [4.78, 5) is 16.3. The van der Waals surface area contributed by atoms with Crippen molar-refractivity contribution in [3.63, 3.8) is 0 Å². The van der Waals surface area contributed by atoms with Crippen molar-refractivity contribution in [2.45, 2.75) is 65.0 Å². The summed E-state index contributed by atoms with van der Waals surface area (Å²) in [7, 11) is 2.22. The highest BCUT2D eigenvalue weighted by atomic mass is 16.6. The zero-order valence-corrected chi connectivity index (χ0v) is 15.2. The highest BCUT2D eigenvalue weighted by molar-refractivity contribution is 5.68. The monoisotopic (exact) mass is 313 g/mol. The Labute approximate surface area is 136 Å². The van der Waals surface area contributed by atoms with Crippen LogP contribution in [0, 0.1) is 0 Å². The van der Waals surface area contributed by atoms with Crippen LogP contribution in [0.5, 0.6) is 0 Å². The Morgan fingerprint density at radius 1 is 1.36 bits per heavy atom. The Bertz CT molecular complexity index is 328. The predicted molar refractivity (Wildman–Crippen MR) is 91.2 cm³/mol. The summed E-state index contributed by atoms with van der Waals surface area (Å²) < 4.78 is 5.42. The van der Waals surface area contributed by atoms with Crippen LogP contribution in [0.25, 0.3) is 0 Å². The van der Waals surface area contributed by atoms with Gasteiger partial charge in [0.05, 0.1) is 0 Å². The van der Waals surface area contributed by atoms with Crippen molar-refractivity contribution in [1.82, 2.24) is 15.1 Å². The number of carbonyl (C=O) groups is 1. The standard InChI is InChI=1S/C17H35N3O2/c1-6-20(16(21)22-17(2,3)4)13-9-11-18-14-15-10-7-8-12-19(15)5/h15,18H,6-14H2,1-5H3. The van der Waals surface area contributed by atoms with E-state index in [1.54, 1.807) is 4.90 Å². The molecule has 1 atom stereocenters. The van der Waals surface area contributed by atoms with Crippen LogP contribution in [0.4, 0.5) is 4.79 Å². The molecule has 1 heterocycles. The van der Waals surface area contributed by atoms with Gasteiger partial charge in [-0.2, -0.15) is 0 Å². The topological polar surface area (TPSA) is 44.8 Å². The van der Waals surface area contributed by atoms with E-state index >= 15 is 0 Å². The molecule has 0 spiro atoms. The summed E-state index contributed by atoms with van der Waals surface area (Å²) in [5, 5.41) is 3.53. The van der Waals surface area contributed by atoms with E-state index in [1.165, 1.54) is 25.8 Å². The number of ether oxygens (including phenoxy) is 1. The number of piperidine rings is 1. The van der Waals surface area contributed by atoms with Crippen LogP contribution >= 0.6 is 0 Å². The summed E-state index contributed by atoms with van der Waals surface area (Å²) in [6.45, 7) is 12.4. The molecule has 0 saturated carbocycles. The van der Waals surface area contributed by atoms with E-state index in [-0.39, 0.29) is 6.09 Å². The van der Waals surface area contributed by atoms with E-state index in [0.29, 0.717) is 12.6 Å². The van der Waals surface area contributed by atoms with E-state index in [4.69, 9.17) is 4.74 Å². The van der Waals surface area contributed by atoms with Gasteiger partial charge in [0.1, 0.15) is 5.60 Å². The van der Waals surface area contributed by atoms with Crippen LogP contribution in [-0.2, 0) is 4.74 Å². The first-order valence-electron chi connectivity index (χ1n) is 8.72. The zero-order valence-electron chi connectivity index (χ0n) is 15.2. The fraction of sp³-hybridized carbons (Fsp3) is 0.941. The van der Waals surface area contributed by atoms with Crippen LogP contribution in [-0.4, -0.2) is 67.3 Å². The first kappa shape index (κ1) is 19.2. The van der Waals surface area contributed by atoms with Crippen molar-refractivity contribution >= 4 is 6.09 Å². The number of nitrogens with one attached hydrogen (secondary N) is 1. The molecule has 0 aromatic carbocycles. The van der Waals surface area contributed by atoms with E-state index < -0.39 is 5.60 Å². The molecular weight excluding hydrogens is 278 g/mol. The maximum atomic E-state index is 12.0. The molecule has 1 unspecified atom stereocenters. The van der Waals surface area contributed by atoms with E-state index in [1.807, 2.05) is 27.7 Å². The molecule has 1 N–H and O–H groups in total. The van der Waals surface area contributed by atoms with Gasteiger partial charge in [-0.3, -0.25) is 0 Å². The third-order valence-electron chi connectivity index (χ3n) is 4.12. The van der Waals surface area contributed by atoms with Gasteiger partial charge in [0.15, 0.2) is 0 Å². The molecule has 1 saturated heterocycles. The lowest BCUT2D eigenvalue weighted by Gasteiger charge is -2.32. The van der Waals surface area contributed by atoms with Crippen LogP contribution < -0.4 is 5.32 Å². The second-order valence-electron chi connectivity index (χ2n) is 7.25. The maximum absolute atomic E-state index is 12.0. The molecule has 22 heavy (non-hydrogen) atoms. The zero-order chi connectivity index (χ0) is 16.6. The largest absolute Gasteiger partial charge is 0.444 e. The molecule has 1 fully saturated rings. The molecule has 5 nitrogen and oxygen atoms in total. The summed E-state index contributed by atoms with van der Waals surface area (Å²) in [5.74, 6) is 0. The minimum atomic E-state index is -0.422. The van der Waals surface area contributed by atoms with Gasteiger partial charge in [0.2, 0.25) is 0 Å². The fourth-order valence-corrected chi connectivity index (χ4v) is 2.77. The van der Waals surface area contributed by atoms with Crippen molar-refractivity contribution in [2.75, 3.05) is 39.8 Å². The van der Waals surface area contributed by atoms with Gasteiger partial charge in [0.25, 0.3) is 0 Å². The number of hydrogen-bond acceptors (Lipinski definition) is 4. The minimum absolute atomic E-state index is 0.206. The normalized spacial score (nSPS) is 20.0. The van der Waals surface area contributed by atoms with Crippen molar-refractivity contribution < 1.29 is 9.53 Å². The smallest absolute Gasteiger partial charge is 0.410 e. The van der Waals surface area contributed by atoms with Crippen LogP contribution in [0.15, 0.2) is 0 Å². The average Bonchev–Trinajstić information content (AvgIpc) is 2.42. The molecule has 1 amide bonds. The third kappa shape index (κ3) is 7.45. The molecule has 130 valence electrons. The van der Waals surface area contributed by atoms with E-state index in [9.17, 15) is 4.79 Å². The SMILES string of the molecule is CCN(CCCNCC1CCCCN1C)C(=O)OC(C)(C)C. The Morgan fingerprint density at radius 3 is 2.68 bits per heavy atom. The van der Waals surface area contributed by atoms with E-state index in [0.717, 1.165) is 26.1 Å². The molecule has 1 aliphatic rings. The molecule has 0 aromatic rings. The number of hydrogen-bond donors (Lipinski definition) is 1. The number of rotatable bonds is 7. The quantitative estimate of drug-likeness (QED) is 0.734. The molecule has 0 radical (unpaired) electrons. The van der Waals surface area contributed by atoms with Crippen LogP contribution in [0.3, 0.4) is 0 Å². The molecule has 5 heteroatoms. The van der Waals surface area contributed by atoms with Gasteiger partial charge < -0.3 is 19.9 Å². The first-order valence-corrected chi connectivity index (χ1v) is 8.72. The summed E-state index contributed by atoms with van der Waals surface area (Å²) >= 11 is 0. The Morgan fingerprint density at radius 2 is 2.09 bits per heavy atom. The van der Waals surface area contributed by atoms with Gasteiger partial charge in [-0.1, -0.05) is 6.42 Å². The minimum Gasteiger partial charge on any atom is -0.444 e. The Hall–Kier alpha value is -0.810. The second kappa shape index (κ2) is 9.36. The van der Waals surface area contributed by atoms with Crippen molar-refractivity contribution in [2.24, 2.45) is 0 Å². The number of likely N-dealkylation sites (N-methyl/N-ethyl adjacent to an activating group) is 1. The summed E-state index contributed by atoms with van der Waals surface area (Å²) in [6, 6.07) is 0.668. The lowest BCUT2D eigenvalue weighted by atomic mass is 10.0. The average molecular weight is 313 g/mol. The third-order valence-corrected chi connectivity index (χ3v) is 4.12. The molecular formula is C17H35N3O2. The van der Waals surface area contributed by atoms with Crippen molar-refractivity contribution in [3.8, 4) is 0 Å². The van der Waals surface area contributed by atoms with Gasteiger partial charge >= 0.3 is 6.09 Å². The second-order valence-corrected chi connectivity index (χ2v) is 7.25. The predicted octanol–water partition coefficient (Wildman–Crippen LogP) is 2.71. The summed E-state index contributed by atoms with van der Waals surface area (Å²) in [6.07, 6.45) is 4.72. The summed E-state index contributed by atoms with van der Waals surface area (Å²) in [5.41, 5.74) is -0.422. The molecule has 1 aliphatic heterocycles.